The van der Waals surface area contributed by atoms with E-state index in [1.54, 1.807) is 0 Å². The second-order valence-corrected chi connectivity index (χ2v) is 6.33. The molecule has 0 aliphatic carbocycles. The molecular weight excluding hydrogens is 286 g/mol. The highest BCUT2D eigenvalue weighted by molar-refractivity contribution is 7.89. The van der Waals surface area contributed by atoms with Crippen LogP contribution in [0.4, 0.5) is 5.69 Å². The first-order valence-corrected chi connectivity index (χ1v) is 7.44. The second-order valence-electron chi connectivity index (χ2n) is 4.42. The maximum absolute atomic E-state index is 12.5. The van der Waals surface area contributed by atoms with E-state index >= 15 is 0 Å². The van der Waals surface area contributed by atoms with Crippen LogP contribution in [-0.4, -0.2) is 50.0 Å². The van der Waals surface area contributed by atoms with Gasteiger partial charge in [-0.05, 0) is 6.07 Å². The number of hydrogen-bond donors (Lipinski definition) is 1. The number of nitro groups is 1. The normalized spacial score (nSPS) is 21.4. The number of nitrogens with two attached hydrogens (primary N) is 1. The van der Waals surface area contributed by atoms with Crippen LogP contribution in [0.3, 0.4) is 0 Å². The fourth-order valence-electron chi connectivity index (χ4n) is 1.99. The first kappa shape index (κ1) is 14.9. The summed E-state index contributed by atoms with van der Waals surface area (Å²) in [5.41, 5.74) is 5.29. The van der Waals surface area contributed by atoms with Crippen LogP contribution < -0.4 is 5.73 Å². The second kappa shape index (κ2) is 5.83. The summed E-state index contributed by atoms with van der Waals surface area (Å²) in [6, 6.07) is 4.82. The average molecular weight is 301 g/mol. The third-order valence-corrected chi connectivity index (χ3v) is 4.85. The molecule has 1 saturated heterocycles. The van der Waals surface area contributed by atoms with E-state index in [0.717, 1.165) is 4.31 Å². The molecule has 1 fully saturated rings. The van der Waals surface area contributed by atoms with Crippen molar-refractivity contribution in [2.24, 2.45) is 5.73 Å². The van der Waals surface area contributed by atoms with Crippen LogP contribution in [0.15, 0.2) is 29.2 Å². The molecule has 110 valence electrons. The van der Waals surface area contributed by atoms with Crippen LogP contribution in [0.25, 0.3) is 0 Å². The Morgan fingerprint density at radius 3 is 2.80 bits per heavy atom. The monoisotopic (exact) mass is 301 g/mol. The molecule has 9 heteroatoms. The van der Waals surface area contributed by atoms with E-state index in [1.807, 2.05) is 0 Å². The molecule has 0 amide bonds. The Kier molecular flexibility index (Phi) is 4.33. The lowest BCUT2D eigenvalue weighted by atomic mass is 10.3. The van der Waals surface area contributed by atoms with Crippen molar-refractivity contribution in [1.29, 1.82) is 0 Å². The van der Waals surface area contributed by atoms with Crippen LogP contribution in [0, 0.1) is 10.1 Å². The molecule has 0 bridgehead atoms. The zero-order chi connectivity index (χ0) is 14.8. The molecule has 2 rings (SSSR count). The van der Waals surface area contributed by atoms with Gasteiger partial charge in [0.05, 0.1) is 18.1 Å². The summed E-state index contributed by atoms with van der Waals surface area (Å²) in [6.07, 6.45) is 0. The Bertz CT molecular complexity index is 604. The Balaban J connectivity index is 2.42. The van der Waals surface area contributed by atoms with E-state index in [1.165, 1.54) is 24.3 Å². The average Bonchev–Trinajstić information content (AvgIpc) is 2.64. The molecule has 0 aromatic heterocycles. The van der Waals surface area contributed by atoms with Crippen LogP contribution in [-0.2, 0) is 14.8 Å². The topological polar surface area (TPSA) is 116 Å². The van der Waals surface area contributed by atoms with Gasteiger partial charge in [-0.3, -0.25) is 10.1 Å². The van der Waals surface area contributed by atoms with E-state index in [-0.39, 0.29) is 31.2 Å². The van der Waals surface area contributed by atoms with Crippen molar-refractivity contribution in [3.8, 4) is 0 Å². The van der Waals surface area contributed by atoms with Crippen molar-refractivity contribution in [1.82, 2.24) is 4.31 Å². The highest BCUT2D eigenvalue weighted by atomic mass is 32.2. The maximum Gasteiger partial charge on any atom is 0.289 e. The van der Waals surface area contributed by atoms with Gasteiger partial charge in [0.1, 0.15) is 0 Å². The summed E-state index contributed by atoms with van der Waals surface area (Å²) in [4.78, 5) is 9.93. The number of ether oxygens (including phenoxy) is 1. The van der Waals surface area contributed by atoms with Gasteiger partial charge in [-0.1, -0.05) is 12.1 Å². The molecule has 2 N–H and O–H groups in total. The predicted octanol–water partition coefficient (Wildman–Crippen LogP) is -0.0570. The van der Waals surface area contributed by atoms with Gasteiger partial charge < -0.3 is 10.5 Å². The summed E-state index contributed by atoms with van der Waals surface area (Å²) in [5.74, 6) is 0. The van der Waals surface area contributed by atoms with Crippen LogP contribution in [0.1, 0.15) is 0 Å². The van der Waals surface area contributed by atoms with Gasteiger partial charge in [0.25, 0.3) is 5.69 Å². The fourth-order valence-corrected chi connectivity index (χ4v) is 3.63. The van der Waals surface area contributed by atoms with E-state index < -0.39 is 26.7 Å². The minimum absolute atomic E-state index is 0.0778. The number of hydrogen-bond acceptors (Lipinski definition) is 6. The highest BCUT2D eigenvalue weighted by Crippen LogP contribution is 2.26. The van der Waals surface area contributed by atoms with Crippen molar-refractivity contribution < 1.29 is 18.1 Å². The van der Waals surface area contributed by atoms with Crippen LogP contribution >= 0.6 is 0 Å². The van der Waals surface area contributed by atoms with E-state index in [9.17, 15) is 18.5 Å². The molecule has 1 aromatic rings. The van der Waals surface area contributed by atoms with Gasteiger partial charge in [0.15, 0.2) is 4.90 Å². The zero-order valence-electron chi connectivity index (χ0n) is 10.6. The Hall–Kier alpha value is -1.55. The van der Waals surface area contributed by atoms with Crippen molar-refractivity contribution >= 4 is 15.7 Å². The van der Waals surface area contributed by atoms with Gasteiger partial charge in [-0.25, -0.2) is 8.42 Å². The molecule has 1 aliphatic heterocycles. The lowest BCUT2D eigenvalue weighted by Gasteiger charge is -2.21. The highest BCUT2D eigenvalue weighted by Gasteiger charge is 2.33. The molecule has 1 atom stereocenters. The molecule has 0 radical (unpaired) electrons. The van der Waals surface area contributed by atoms with Crippen molar-refractivity contribution in [2.75, 3.05) is 26.3 Å². The van der Waals surface area contributed by atoms with E-state index in [0.29, 0.717) is 0 Å². The lowest BCUT2D eigenvalue weighted by molar-refractivity contribution is -0.387. The largest absolute Gasteiger partial charge is 0.378 e. The van der Waals surface area contributed by atoms with E-state index in [4.69, 9.17) is 10.5 Å². The molecule has 1 aliphatic rings. The standard InChI is InChI=1S/C11H15N3O5S/c12-9-7-13(5-6-19-8-9)20(17,18)11-4-2-1-3-10(11)14(15)16/h1-4,9H,5-8,12H2. The smallest absolute Gasteiger partial charge is 0.289 e. The SMILES string of the molecule is NC1COCCN(S(=O)(=O)c2ccccc2[N+](=O)[O-])C1. The number of benzene rings is 1. The molecule has 8 nitrogen and oxygen atoms in total. The minimum atomic E-state index is -3.96. The minimum Gasteiger partial charge on any atom is -0.378 e. The Labute approximate surface area is 116 Å². The Morgan fingerprint density at radius 1 is 1.40 bits per heavy atom. The van der Waals surface area contributed by atoms with Gasteiger partial charge in [-0.2, -0.15) is 4.31 Å². The van der Waals surface area contributed by atoms with Crippen LogP contribution in [0.2, 0.25) is 0 Å². The summed E-state index contributed by atoms with van der Waals surface area (Å²) in [7, 11) is -3.96. The van der Waals surface area contributed by atoms with Crippen molar-refractivity contribution in [2.45, 2.75) is 10.9 Å². The molecule has 1 unspecified atom stereocenters. The summed E-state index contributed by atoms with van der Waals surface area (Å²) in [6.45, 7) is 0.687. The number of nitrogens with zero attached hydrogens (tertiary/aromatic N) is 2. The molecule has 20 heavy (non-hydrogen) atoms. The van der Waals surface area contributed by atoms with Gasteiger partial charge >= 0.3 is 0 Å². The Morgan fingerprint density at radius 2 is 2.10 bits per heavy atom. The third-order valence-electron chi connectivity index (χ3n) is 2.93. The molecule has 1 aromatic carbocycles. The third kappa shape index (κ3) is 2.96. The van der Waals surface area contributed by atoms with Crippen molar-refractivity contribution in [3.63, 3.8) is 0 Å². The summed E-state index contributed by atoms with van der Waals surface area (Å²) >= 11 is 0. The molecule has 0 saturated carbocycles. The molecular formula is C11H15N3O5S. The number of sulfonamides is 1. The first-order chi connectivity index (χ1) is 9.43. The lowest BCUT2D eigenvalue weighted by Crippen LogP contribution is -2.41. The number of nitro benzene ring substituents is 1. The molecule has 1 heterocycles. The van der Waals surface area contributed by atoms with Crippen LogP contribution in [0.5, 0.6) is 0 Å². The summed E-state index contributed by atoms with van der Waals surface area (Å²) < 4.78 is 31.4. The predicted molar refractivity (Wildman–Crippen MR) is 70.6 cm³/mol. The van der Waals surface area contributed by atoms with E-state index in [2.05, 4.69) is 0 Å². The number of para-hydroxylation sites is 1. The van der Waals surface area contributed by atoms with Gasteiger partial charge in [0, 0.05) is 25.2 Å². The quantitative estimate of drug-likeness (QED) is 0.617. The zero-order valence-corrected chi connectivity index (χ0v) is 11.5. The number of rotatable bonds is 3. The van der Waals surface area contributed by atoms with Gasteiger partial charge in [0.2, 0.25) is 10.0 Å². The first-order valence-electron chi connectivity index (χ1n) is 6.00. The summed E-state index contributed by atoms with van der Waals surface area (Å²) in [5, 5.41) is 11.0. The van der Waals surface area contributed by atoms with Gasteiger partial charge in [-0.15, -0.1) is 0 Å². The maximum atomic E-state index is 12.5. The van der Waals surface area contributed by atoms with Crippen molar-refractivity contribution in [3.05, 3.63) is 34.4 Å². The molecule has 0 spiro atoms. The fraction of sp³-hybridized carbons (Fsp3) is 0.455.